The monoisotopic (exact) mass is 948 g/mol. The molecule has 7 heteroatoms. The lowest BCUT2D eigenvalue weighted by molar-refractivity contribution is 1.07. The van der Waals surface area contributed by atoms with Crippen molar-refractivity contribution < 1.29 is 0 Å². The van der Waals surface area contributed by atoms with Crippen LogP contribution in [-0.4, -0.2) is 38.0 Å². The summed E-state index contributed by atoms with van der Waals surface area (Å²) in [4.78, 5) is 30.6. The third kappa shape index (κ3) is 7.85. The van der Waals surface area contributed by atoms with Gasteiger partial charge in [-0.3, -0.25) is 0 Å². The molecule has 0 spiro atoms. The molecule has 6 nitrogen and oxygen atoms in total. The van der Waals surface area contributed by atoms with Crippen molar-refractivity contribution in [3.8, 4) is 102 Å². The first kappa shape index (κ1) is 43.5. The molecule has 1 aliphatic rings. The molecule has 0 saturated heterocycles. The lowest BCUT2D eigenvalue weighted by Crippen LogP contribution is -2.72. The number of nitrogens with zero attached hydrogens (tertiary/aromatic N) is 6. The van der Waals surface area contributed by atoms with E-state index in [2.05, 4.69) is 170 Å². The van der Waals surface area contributed by atoms with Gasteiger partial charge in [0.1, 0.15) is 0 Å². The van der Waals surface area contributed by atoms with Gasteiger partial charge in [-0.25, -0.2) is 29.9 Å². The standard InChI is InChI=1S/C66H44N6Si/c1-5-22-46(23-6-1)61-67-62(47-24-7-2-8-25-47)70-65(69-61)57-36-15-13-32-53(57)45-40-42-51(43-41-45)73(59-38-19-17-34-55(59)56-35-18-20-39-60(56)73)52-31-21-30-50(44-52)54-33-14-16-37-58(54)66-71-63(48-26-9-3-10-27-48)68-64(72-66)49-28-11-4-12-29-49/h1-44H. The van der Waals surface area contributed by atoms with Gasteiger partial charge < -0.3 is 0 Å². The normalized spacial score (nSPS) is 12.2. The molecule has 0 bridgehead atoms. The number of rotatable bonds is 10. The van der Waals surface area contributed by atoms with Gasteiger partial charge in [-0.15, -0.1) is 0 Å². The summed E-state index contributed by atoms with van der Waals surface area (Å²) in [5, 5.41) is 5.34. The minimum absolute atomic E-state index is 0.623. The summed E-state index contributed by atoms with van der Waals surface area (Å²) in [6.07, 6.45) is 0. The summed E-state index contributed by atoms with van der Waals surface area (Å²) in [5.74, 6) is 3.77. The summed E-state index contributed by atoms with van der Waals surface area (Å²) in [5.41, 5.74) is 12.5. The van der Waals surface area contributed by atoms with E-state index in [1.165, 1.54) is 31.9 Å². The summed E-state index contributed by atoms with van der Waals surface area (Å²) in [7, 11) is -2.96. The fourth-order valence-corrected chi connectivity index (χ4v) is 15.8. The van der Waals surface area contributed by atoms with Crippen molar-refractivity contribution in [1.29, 1.82) is 0 Å². The zero-order valence-corrected chi connectivity index (χ0v) is 40.6. The predicted molar refractivity (Wildman–Crippen MR) is 299 cm³/mol. The Labute approximate surface area is 425 Å². The first-order valence-electron chi connectivity index (χ1n) is 24.5. The third-order valence-corrected chi connectivity index (χ3v) is 18.8. The van der Waals surface area contributed by atoms with Crippen molar-refractivity contribution in [2.75, 3.05) is 0 Å². The topological polar surface area (TPSA) is 77.3 Å². The Balaban J connectivity index is 0.957. The van der Waals surface area contributed by atoms with Crippen LogP contribution in [-0.2, 0) is 0 Å². The van der Waals surface area contributed by atoms with Crippen molar-refractivity contribution in [1.82, 2.24) is 29.9 Å². The van der Waals surface area contributed by atoms with Crippen molar-refractivity contribution in [3.05, 3.63) is 267 Å². The Morgan fingerprint density at radius 3 is 0.918 bits per heavy atom. The van der Waals surface area contributed by atoms with E-state index >= 15 is 0 Å². The summed E-state index contributed by atoms with van der Waals surface area (Å²) >= 11 is 0. The Bertz CT molecular complexity index is 3800. The van der Waals surface area contributed by atoms with Crippen LogP contribution in [0.3, 0.4) is 0 Å². The van der Waals surface area contributed by atoms with Gasteiger partial charge in [-0.05, 0) is 54.1 Å². The Morgan fingerprint density at radius 1 is 0.192 bits per heavy atom. The Hall–Kier alpha value is -9.56. The van der Waals surface area contributed by atoms with Crippen LogP contribution in [0.15, 0.2) is 267 Å². The number of hydrogen-bond donors (Lipinski definition) is 0. The minimum atomic E-state index is -2.96. The second-order valence-corrected chi connectivity index (χ2v) is 21.9. The highest BCUT2D eigenvalue weighted by atomic mass is 28.3. The first-order valence-corrected chi connectivity index (χ1v) is 26.5. The molecule has 2 aromatic heterocycles. The molecule has 13 rings (SSSR count). The quantitative estimate of drug-likeness (QED) is 0.127. The molecule has 0 aliphatic carbocycles. The fourth-order valence-electron chi connectivity index (χ4n) is 10.6. The highest BCUT2D eigenvalue weighted by Gasteiger charge is 2.48. The summed E-state index contributed by atoms with van der Waals surface area (Å²) in [6, 6.07) is 94.1. The second kappa shape index (κ2) is 18.6. The molecule has 10 aromatic carbocycles. The molecule has 0 saturated carbocycles. The van der Waals surface area contributed by atoms with Crippen molar-refractivity contribution >= 4 is 28.8 Å². The van der Waals surface area contributed by atoms with E-state index in [0.717, 1.165) is 55.6 Å². The zero-order valence-electron chi connectivity index (χ0n) is 39.6. The van der Waals surface area contributed by atoms with Crippen molar-refractivity contribution in [2.45, 2.75) is 0 Å². The highest BCUT2D eigenvalue weighted by molar-refractivity contribution is 7.22. The van der Waals surface area contributed by atoms with Gasteiger partial charge in [0.2, 0.25) is 0 Å². The fraction of sp³-hybridized carbons (Fsp3) is 0. The maximum absolute atomic E-state index is 5.18. The molecule has 73 heavy (non-hydrogen) atoms. The molecule has 0 radical (unpaired) electrons. The van der Waals surface area contributed by atoms with Crippen molar-refractivity contribution in [3.63, 3.8) is 0 Å². The summed E-state index contributed by atoms with van der Waals surface area (Å²) in [6.45, 7) is 0. The van der Waals surface area contributed by atoms with Crippen molar-refractivity contribution in [2.24, 2.45) is 0 Å². The van der Waals surface area contributed by atoms with Gasteiger partial charge in [0.15, 0.2) is 43.0 Å². The van der Waals surface area contributed by atoms with Crippen LogP contribution in [0.1, 0.15) is 0 Å². The number of fused-ring (bicyclic) bond motifs is 3. The van der Waals surface area contributed by atoms with Crippen LogP contribution in [0, 0.1) is 0 Å². The van der Waals surface area contributed by atoms with Crippen LogP contribution < -0.4 is 20.7 Å². The van der Waals surface area contributed by atoms with Crippen LogP contribution in [0.25, 0.3) is 102 Å². The lowest BCUT2D eigenvalue weighted by atomic mass is 9.99. The smallest absolute Gasteiger partial charge is 0.180 e. The van der Waals surface area contributed by atoms with Gasteiger partial charge in [0.05, 0.1) is 0 Å². The third-order valence-electron chi connectivity index (χ3n) is 13.9. The average molecular weight is 949 g/mol. The van der Waals surface area contributed by atoms with Crippen LogP contribution >= 0.6 is 0 Å². The van der Waals surface area contributed by atoms with E-state index in [4.69, 9.17) is 29.9 Å². The molecule has 0 amide bonds. The van der Waals surface area contributed by atoms with Crippen LogP contribution in [0.2, 0.25) is 0 Å². The van der Waals surface area contributed by atoms with E-state index in [1.54, 1.807) is 0 Å². The highest BCUT2D eigenvalue weighted by Crippen LogP contribution is 2.36. The number of aromatic nitrogens is 6. The van der Waals surface area contributed by atoms with Gasteiger partial charge >= 0.3 is 0 Å². The minimum Gasteiger partial charge on any atom is -0.208 e. The van der Waals surface area contributed by atoms with Gasteiger partial charge in [0, 0.05) is 33.4 Å². The molecule has 3 heterocycles. The van der Waals surface area contributed by atoms with E-state index in [1.807, 2.05) is 97.1 Å². The van der Waals surface area contributed by atoms with Gasteiger partial charge in [0.25, 0.3) is 0 Å². The molecule has 0 fully saturated rings. The summed E-state index contributed by atoms with van der Waals surface area (Å²) < 4.78 is 0. The SMILES string of the molecule is c1ccc(-c2nc(-c3ccccc3)nc(-c3ccccc3-c3ccc([Si]4(c5cccc(-c6ccccc6-c6nc(-c7ccccc7)nc(-c7ccccc7)n6)c5)c5ccccc5-c5ccccc54)cc3)n2)cc1. The average Bonchev–Trinajstić information content (AvgIpc) is 3.79. The van der Waals surface area contributed by atoms with E-state index in [0.29, 0.717) is 34.9 Å². The van der Waals surface area contributed by atoms with E-state index in [-0.39, 0.29) is 0 Å². The molecule has 0 N–H and O–H groups in total. The molecule has 342 valence electrons. The van der Waals surface area contributed by atoms with Crippen LogP contribution in [0.4, 0.5) is 0 Å². The van der Waals surface area contributed by atoms with E-state index < -0.39 is 8.07 Å². The first-order chi connectivity index (χ1) is 36.2. The molecule has 1 aliphatic heterocycles. The predicted octanol–water partition coefficient (Wildman–Crippen LogP) is 12.8. The van der Waals surface area contributed by atoms with Gasteiger partial charge in [-0.2, -0.15) is 0 Å². The molecule has 0 unspecified atom stereocenters. The molecule has 0 atom stereocenters. The van der Waals surface area contributed by atoms with Gasteiger partial charge in [-0.1, -0.05) is 267 Å². The maximum Gasteiger partial charge on any atom is 0.180 e. The largest absolute Gasteiger partial charge is 0.208 e. The molecular formula is C66H44N6Si. The number of benzene rings is 10. The van der Waals surface area contributed by atoms with E-state index in [9.17, 15) is 0 Å². The van der Waals surface area contributed by atoms with Crippen LogP contribution in [0.5, 0.6) is 0 Å². The zero-order chi connectivity index (χ0) is 48.6. The molecule has 12 aromatic rings. The second-order valence-electron chi connectivity index (χ2n) is 18.2. The lowest BCUT2D eigenvalue weighted by Gasteiger charge is -2.32. The molecular weight excluding hydrogens is 905 g/mol. The number of hydrogen-bond acceptors (Lipinski definition) is 6. The maximum atomic E-state index is 5.18. The Kier molecular flexibility index (Phi) is 11.1. The Morgan fingerprint density at radius 2 is 0.507 bits per heavy atom.